The lowest BCUT2D eigenvalue weighted by Gasteiger charge is -2.14. The van der Waals surface area contributed by atoms with Crippen LogP contribution in [-0.4, -0.2) is 24.4 Å². The first-order valence-electron chi connectivity index (χ1n) is 8.54. The third kappa shape index (κ3) is 4.47. The van der Waals surface area contributed by atoms with Crippen molar-refractivity contribution in [2.75, 3.05) is 6.54 Å². The molecule has 1 fully saturated rings. The molecule has 1 aliphatic rings. The van der Waals surface area contributed by atoms with Crippen LogP contribution in [0.5, 0.6) is 0 Å². The molecule has 0 saturated carbocycles. The van der Waals surface area contributed by atoms with Crippen LogP contribution in [0.25, 0.3) is 11.3 Å². The van der Waals surface area contributed by atoms with E-state index >= 15 is 0 Å². The number of furan rings is 1. The van der Waals surface area contributed by atoms with Crippen molar-refractivity contribution in [2.24, 2.45) is 0 Å². The summed E-state index contributed by atoms with van der Waals surface area (Å²) in [4.78, 5) is 23.9. The first kappa shape index (κ1) is 17.2. The highest BCUT2D eigenvalue weighted by molar-refractivity contribution is 5.87. The van der Waals surface area contributed by atoms with E-state index in [0.717, 1.165) is 12.8 Å². The zero-order valence-corrected chi connectivity index (χ0v) is 13.9. The lowest BCUT2D eigenvalue weighted by molar-refractivity contribution is -0.128. The van der Waals surface area contributed by atoms with Crippen LogP contribution in [0.15, 0.2) is 40.8 Å². The van der Waals surface area contributed by atoms with Gasteiger partial charge in [0.2, 0.25) is 11.8 Å². The van der Waals surface area contributed by atoms with Gasteiger partial charge in [-0.3, -0.25) is 9.59 Å². The van der Waals surface area contributed by atoms with Gasteiger partial charge in [-0.25, -0.2) is 4.39 Å². The third-order valence-corrected chi connectivity index (χ3v) is 4.27. The van der Waals surface area contributed by atoms with E-state index in [9.17, 15) is 14.0 Å². The Morgan fingerprint density at radius 3 is 2.92 bits per heavy atom. The van der Waals surface area contributed by atoms with Gasteiger partial charge in [-0.15, -0.1) is 0 Å². The molecule has 0 bridgehead atoms. The number of carbonyl (C=O) groups excluding carboxylic acids is 2. The second-order valence-corrected chi connectivity index (χ2v) is 6.15. The first-order chi connectivity index (χ1) is 12.1. The number of amides is 2. The fourth-order valence-electron chi connectivity index (χ4n) is 2.90. The molecule has 25 heavy (non-hydrogen) atoms. The number of hydrogen-bond donors (Lipinski definition) is 2. The lowest BCUT2D eigenvalue weighted by atomic mass is 10.1. The summed E-state index contributed by atoms with van der Waals surface area (Å²) in [6.45, 7) is 0.663. The van der Waals surface area contributed by atoms with Crippen LogP contribution in [0, 0.1) is 5.82 Å². The number of aryl methyl sites for hydroxylation is 1. The first-order valence-corrected chi connectivity index (χ1v) is 8.54. The van der Waals surface area contributed by atoms with E-state index in [1.54, 1.807) is 30.3 Å². The minimum Gasteiger partial charge on any atom is -0.461 e. The average Bonchev–Trinajstić information content (AvgIpc) is 2.98. The molecule has 1 aliphatic heterocycles. The van der Waals surface area contributed by atoms with Gasteiger partial charge in [0.05, 0.1) is 5.56 Å². The average molecular weight is 344 g/mol. The van der Waals surface area contributed by atoms with Crippen LogP contribution < -0.4 is 10.6 Å². The van der Waals surface area contributed by atoms with Crippen LogP contribution in [0.3, 0.4) is 0 Å². The molecule has 0 spiro atoms. The lowest BCUT2D eigenvalue weighted by Crippen LogP contribution is -2.45. The molecular weight excluding hydrogens is 323 g/mol. The smallest absolute Gasteiger partial charge is 0.242 e. The molecule has 1 aromatic carbocycles. The molecule has 1 unspecified atom stereocenters. The predicted octanol–water partition coefficient (Wildman–Crippen LogP) is 2.80. The van der Waals surface area contributed by atoms with E-state index in [4.69, 9.17) is 4.42 Å². The second kappa shape index (κ2) is 7.96. The van der Waals surface area contributed by atoms with Crippen molar-refractivity contribution in [3.63, 3.8) is 0 Å². The number of hydrogen-bond acceptors (Lipinski definition) is 3. The van der Waals surface area contributed by atoms with Crippen molar-refractivity contribution in [3.8, 4) is 11.3 Å². The van der Waals surface area contributed by atoms with Crippen LogP contribution in [0.1, 0.15) is 31.4 Å². The van der Waals surface area contributed by atoms with E-state index in [2.05, 4.69) is 10.6 Å². The number of benzene rings is 1. The third-order valence-electron chi connectivity index (χ3n) is 4.27. The standard InChI is InChI=1S/C19H21FN2O3/c20-15-6-2-1-5-14(15)17-10-8-13(25-17)9-11-18(23)22-16-7-3-4-12-21-19(16)24/h1-2,5-6,8,10,16H,3-4,7,9,11-12H2,(H,21,24)(H,22,23). The molecule has 132 valence electrons. The van der Waals surface area contributed by atoms with Crippen LogP contribution in [-0.2, 0) is 16.0 Å². The normalized spacial score (nSPS) is 17.6. The zero-order chi connectivity index (χ0) is 17.6. The summed E-state index contributed by atoms with van der Waals surface area (Å²) in [5.74, 6) is 0.396. The Kier molecular flexibility index (Phi) is 5.48. The minimum absolute atomic E-state index is 0.120. The van der Waals surface area contributed by atoms with E-state index in [1.165, 1.54) is 6.07 Å². The van der Waals surface area contributed by atoms with Gasteiger partial charge >= 0.3 is 0 Å². The fourth-order valence-corrected chi connectivity index (χ4v) is 2.90. The van der Waals surface area contributed by atoms with Crippen molar-refractivity contribution in [1.82, 2.24) is 10.6 Å². The van der Waals surface area contributed by atoms with Gasteiger partial charge in [-0.1, -0.05) is 12.1 Å². The van der Waals surface area contributed by atoms with E-state index in [0.29, 0.717) is 36.5 Å². The summed E-state index contributed by atoms with van der Waals surface area (Å²) in [6, 6.07) is 9.37. The molecule has 3 rings (SSSR count). The van der Waals surface area contributed by atoms with Crippen molar-refractivity contribution < 1.29 is 18.4 Å². The number of nitrogens with one attached hydrogen (secondary N) is 2. The maximum atomic E-state index is 13.8. The van der Waals surface area contributed by atoms with Gasteiger partial charge in [0.25, 0.3) is 0 Å². The highest BCUT2D eigenvalue weighted by atomic mass is 19.1. The Balaban J connectivity index is 1.54. The highest BCUT2D eigenvalue weighted by Crippen LogP contribution is 2.25. The molecule has 2 heterocycles. The molecule has 0 radical (unpaired) electrons. The van der Waals surface area contributed by atoms with Crippen LogP contribution >= 0.6 is 0 Å². The quantitative estimate of drug-likeness (QED) is 0.876. The summed E-state index contributed by atoms with van der Waals surface area (Å²) in [5.41, 5.74) is 0.397. The second-order valence-electron chi connectivity index (χ2n) is 6.15. The Hall–Kier alpha value is -2.63. The van der Waals surface area contributed by atoms with Crippen molar-refractivity contribution in [3.05, 3.63) is 48.0 Å². The molecule has 1 saturated heterocycles. The minimum atomic E-state index is -0.458. The van der Waals surface area contributed by atoms with E-state index in [1.807, 2.05) is 0 Å². The Labute approximate surface area is 145 Å². The van der Waals surface area contributed by atoms with Crippen LogP contribution in [0.2, 0.25) is 0 Å². The molecule has 6 heteroatoms. The Bertz CT molecular complexity index is 757. The van der Waals surface area contributed by atoms with Gasteiger partial charge in [0.1, 0.15) is 23.4 Å². The van der Waals surface area contributed by atoms with Gasteiger partial charge in [0, 0.05) is 19.4 Å². The molecule has 5 nitrogen and oxygen atoms in total. The summed E-state index contributed by atoms with van der Waals surface area (Å²) < 4.78 is 19.4. The predicted molar refractivity (Wildman–Crippen MR) is 91.2 cm³/mol. The fraction of sp³-hybridized carbons (Fsp3) is 0.368. The number of carbonyl (C=O) groups is 2. The Morgan fingerprint density at radius 1 is 1.24 bits per heavy atom. The largest absolute Gasteiger partial charge is 0.461 e. The zero-order valence-electron chi connectivity index (χ0n) is 13.9. The number of rotatable bonds is 5. The van der Waals surface area contributed by atoms with E-state index in [-0.39, 0.29) is 24.1 Å². The van der Waals surface area contributed by atoms with Crippen molar-refractivity contribution in [2.45, 2.75) is 38.1 Å². The maximum Gasteiger partial charge on any atom is 0.242 e. The molecule has 2 amide bonds. The molecule has 1 atom stereocenters. The summed E-state index contributed by atoms with van der Waals surface area (Å²) >= 11 is 0. The summed E-state index contributed by atoms with van der Waals surface area (Å²) in [6.07, 6.45) is 3.12. The number of halogens is 1. The molecule has 1 aromatic heterocycles. The van der Waals surface area contributed by atoms with Crippen molar-refractivity contribution in [1.29, 1.82) is 0 Å². The summed E-state index contributed by atoms with van der Waals surface area (Å²) in [7, 11) is 0. The van der Waals surface area contributed by atoms with Crippen LogP contribution in [0.4, 0.5) is 4.39 Å². The summed E-state index contributed by atoms with van der Waals surface area (Å²) in [5, 5.41) is 5.57. The maximum absolute atomic E-state index is 13.8. The SMILES string of the molecule is O=C(CCc1ccc(-c2ccccc2F)o1)NC1CCCCNC1=O. The van der Waals surface area contributed by atoms with E-state index < -0.39 is 6.04 Å². The molecule has 2 aromatic rings. The highest BCUT2D eigenvalue weighted by Gasteiger charge is 2.22. The van der Waals surface area contributed by atoms with Gasteiger partial charge in [0.15, 0.2) is 0 Å². The monoisotopic (exact) mass is 344 g/mol. The van der Waals surface area contributed by atoms with Gasteiger partial charge < -0.3 is 15.1 Å². The molecule has 0 aliphatic carbocycles. The topological polar surface area (TPSA) is 71.3 Å². The van der Waals surface area contributed by atoms with Gasteiger partial charge in [-0.2, -0.15) is 0 Å². The van der Waals surface area contributed by atoms with Crippen molar-refractivity contribution >= 4 is 11.8 Å². The molecule has 2 N–H and O–H groups in total. The van der Waals surface area contributed by atoms with Gasteiger partial charge in [-0.05, 0) is 43.5 Å². The Morgan fingerprint density at radius 2 is 2.08 bits per heavy atom. The molecular formula is C19H21FN2O3.